The van der Waals surface area contributed by atoms with Crippen LogP contribution in [0.1, 0.15) is 19.4 Å². The SMILES string of the molecule is CC(C)CNC(=O)CNc1ccc(Cl)cc1C#N. The first-order valence-corrected chi connectivity index (χ1v) is 6.11. The summed E-state index contributed by atoms with van der Waals surface area (Å²) in [6.45, 7) is 4.84. The average molecular weight is 266 g/mol. The molecule has 0 unspecified atom stereocenters. The van der Waals surface area contributed by atoms with Crippen LogP contribution in [-0.2, 0) is 4.79 Å². The van der Waals surface area contributed by atoms with Gasteiger partial charge in [0.05, 0.1) is 17.8 Å². The topological polar surface area (TPSA) is 64.9 Å². The van der Waals surface area contributed by atoms with E-state index < -0.39 is 0 Å². The highest BCUT2D eigenvalue weighted by atomic mass is 35.5. The molecule has 2 N–H and O–H groups in total. The van der Waals surface area contributed by atoms with Gasteiger partial charge in [0.1, 0.15) is 6.07 Å². The van der Waals surface area contributed by atoms with E-state index in [-0.39, 0.29) is 12.5 Å². The van der Waals surface area contributed by atoms with E-state index in [9.17, 15) is 4.79 Å². The van der Waals surface area contributed by atoms with E-state index >= 15 is 0 Å². The molecule has 0 spiro atoms. The van der Waals surface area contributed by atoms with Crippen LogP contribution < -0.4 is 10.6 Å². The number of nitriles is 1. The van der Waals surface area contributed by atoms with E-state index in [1.54, 1.807) is 18.2 Å². The molecule has 0 heterocycles. The summed E-state index contributed by atoms with van der Waals surface area (Å²) in [5.41, 5.74) is 1.04. The standard InChI is InChI=1S/C13H16ClN3O/c1-9(2)7-17-13(18)8-16-12-4-3-11(14)5-10(12)6-15/h3-5,9,16H,7-8H2,1-2H3,(H,17,18). The molecule has 96 valence electrons. The van der Waals surface area contributed by atoms with Crippen molar-refractivity contribution in [1.29, 1.82) is 5.26 Å². The molecule has 1 amide bonds. The Morgan fingerprint density at radius 2 is 2.22 bits per heavy atom. The van der Waals surface area contributed by atoms with Crippen molar-refractivity contribution in [2.45, 2.75) is 13.8 Å². The molecule has 0 bridgehead atoms. The molecular formula is C13H16ClN3O. The maximum atomic E-state index is 11.5. The van der Waals surface area contributed by atoms with E-state index in [2.05, 4.69) is 10.6 Å². The average Bonchev–Trinajstić information content (AvgIpc) is 2.34. The lowest BCUT2D eigenvalue weighted by molar-refractivity contribution is -0.119. The van der Waals surface area contributed by atoms with Gasteiger partial charge in [-0.15, -0.1) is 0 Å². The molecule has 0 aromatic heterocycles. The monoisotopic (exact) mass is 265 g/mol. The maximum absolute atomic E-state index is 11.5. The van der Waals surface area contributed by atoms with Crippen LogP contribution in [0.5, 0.6) is 0 Å². The Labute approximate surface area is 112 Å². The normalized spacial score (nSPS) is 9.94. The van der Waals surface area contributed by atoms with Gasteiger partial charge >= 0.3 is 0 Å². The number of amides is 1. The van der Waals surface area contributed by atoms with Crippen molar-refractivity contribution < 1.29 is 4.79 Å². The predicted octanol–water partition coefficient (Wildman–Crippen LogP) is 2.40. The van der Waals surface area contributed by atoms with Gasteiger partial charge < -0.3 is 10.6 Å². The van der Waals surface area contributed by atoms with Gasteiger partial charge in [0.15, 0.2) is 0 Å². The Kier molecular flexibility index (Phi) is 5.47. The fraction of sp³-hybridized carbons (Fsp3) is 0.385. The molecule has 0 aliphatic rings. The van der Waals surface area contributed by atoms with Crippen molar-refractivity contribution in [3.05, 3.63) is 28.8 Å². The van der Waals surface area contributed by atoms with Gasteiger partial charge in [-0.1, -0.05) is 25.4 Å². The van der Waals surface area contributed by atoms with Crippen molar-refractivity contribution in [3.8, 4) is 6.07 Å². The summed E-state index contributed by atoms with van der Waals surface area (Å²) in [7, 11) is 0. The first-order valence-electron chi connectivity index (χ1n) is 5.73. The molecule has 5 heteroatoms. The van der Waals surface area contributed by atoms with Crippen molar-refractivity contribution in [2.75, 3.05) is 18.4 Å². The van der Waals surface area contributed by atoms with Gasteiger partial charge in [-0.2, -0.15) is 5.26 Å². The zero-order valence-corrected chi connectivity index (χ0v) is 11.2. The molecule has 1 aromatic carbocycles. The second kappa shape index (κ2) is 6.87. The molecule has 1 aromatic rings. The molecule has 0 atom stereocenters. The Morgan fingerprint density at radius 1 is 1.50 bits per heavy atom. The smallest absolute Gasteiger partial charge is 0.239 e. The Hall–Kier alpha value is -1.73. The van der Waals surface area contributed by atoms with Gasteiger partial charge in [0, 0.05) is 11.6 Å². The second-order valence-corrected chi connectivity index (χ2v) is 4.79. The Morgan fingerprint density at radius 3 is 2.83 bits per heavy atom. The third-order valence-corrected chi connectivity index (χ3v) is 2.48. The zero-order valence-electron chi connectivity index (χ0n) is 10.5. The molecule has 0 aliphatic heterocycles. The molecule has 1 rings (SSSR count). The summed E-state index contributed by atoms with van der Waals surface area (Å²) in [4.78, 5) is 11.5. The van der Waals surface area contributed by atoms with Gasteiger partial charge in [0.2, 0.25) is 5.91 Å². The third-order valence-electron chi connectivity index (χ3n) is 2.25. The number of rotatable bonds is 5. The van der Waals surface area contributed by atoms with Gasteiger partial charge in [-0.05, 0) is 24.1 Å². The number of benzene rings is 1. The van der Waals surface area contributed by atoms with Crippen molar-refractivity contribution in [3.63, 3.8) is 0 Å². The van der Waals surface area contributed by atoms with Crippen LogP contribution in [-0.4, -0.2) is 19.0 Å². The summed E-state index contributed by atoms with van der Waals surface area (Å²) < 4.78 is 0. The van der Waals surface area contributed by atoms with Crippen LogP contribution in [0.3, 0.4) is 0 Å². The minimum atomic E-state index is -0.0949. The second-order valence-electron chi connectivity index (χ2n) is 4.35. The van der Waals surface area contributed by atoms with Gasteiger partial charge in [-0.3, -0.25) is 4.79 Å². The van der Waals surface area contributed by atoms with E-state index in [0.29, 0.717) is 28.7 Å². The Balaban J connectivity index is 2.54. The highest BCUT2D eigenvalue weighted by Crippen LogP contribution is 2.19. The number of anilines is 1. The molecular weight excluding hydrogens is 250 g/mol. The molecule has 4 nitrogen and oxygen atoms in total. The number of hydrogen-bond acceptors (Lipinski definition) is 3. The minimum Gasteiger partial charge on any atom is -0.375 e. The van der Waals surface area contributed by atoms with Crippen LogP contribution in [0.25, 0.3) is 0 Å². The minimum absolute atomic E-state index is 0.0949. The van der Waals surface area contributed by atoms with Crippen LogP contribution in [0.2, 0.25) is 5.02 Å². The first kappa shape index (κ1) is 14.3. The maximum Gasteiger partial charge on any atom is 0.239 e. The summed E-state index contributed by atoms with van der Waals surface area (Å²) in [5, 5.41) is 15.1. The van der Waals surface area contributed by atoms with Crippen LogP contribution in [0.15, 0.2) is 18.2 Å². The number of carbonyl (C=O) groups is 1. The molecule has 0 radical (unpaired) electrons. The number of nitrogens with zero attached hydrogens (tertiary/aromatic N) is 1. The van der Waals surface area contributed by atoms with Crippen molar-refractivity contribution >= 4 is 23.2 Å². The quantitative estimate of drug-likeness (QED) is 0.859. The first-order chi connectivity index (χ1) is 8.52. The molecule has 18 heavy (non-hydrogen) atoms. The lowest BCUT2D eigenvalue weighted by atomic mass is 10.2. The van der Waals surface area contributed by atoms with E-state index in [1.807, 2.05) is 19.9 Å². The highest BCUT2D eigenvalue weighted by Gasteiger charge is 2.05. The highest BCUT2D eigenvalue weighted by molar-refractivity contribution is 6.30. The Bertz CT molecular complexity index is 466. The largest absolute Gasteiger partial charge is 0.375 e. The van der Waals surface area contributed by atoms with Crippen LogP contribution in [0, 0.1) is 17.2 Å². The van der Waals surface area contributed by atoms with Gasteiger partial charge in [-0.25, -0.2) is 0 Å². The van der Waals surface area contributed by atoms with E-state index in [0.717, 1.165) is 0 Å². The lowest BCUT2D eigenvalue weighted by Gasteiger charge is -2.10. The van der Waals surface area contributed by atoms with Crippen LogP contribution >= 0.6 is 11.6 Å². The van der Waals surface area contributed by atoms with Gasteiger partial charge in [0.25, 0.3) is 0 Å². The number of nitrogens with one attached hydrogen (secondary N) is 2. The third kappa shape index (κ3) is 4.64. The number of carbonyl (C=O) groups excluding carboxylic acids is 1. The fourth-order valence-electron chi connectivity index (χ4n) is 1.32. The number of halogens is 1. The summed E-state index contributed by atoms with van der Waals surface area (Å²) in [6.07, 6.45) is 0. The predicted molar refractivity (Wildman–Crippen MR) is 72.5 cm³/mol. The van der Waals surface area contributed by atoms with Crippen molar-refractivity contribution in [2.24, 2.45) is 5.92 Å². The zero-order chi connectivity index (χ0) is 13.5. The molecule has 0 fully saturated rings. The summed E-state index contributed by atoms with van der Waals surface area (Å²) in [6, 6.07) is 6.97. The molecule has 0 aliphatic carbocycles. The molecule has 0 saturated carbocycles. The summed E-state index contributed by atoms with van der Waals surface area (Å²) in [5.74, 6) is 0.321. The fourth-order valence-corrected chi connectivity index (χ4v) is 1.49. The number of hydrogen-bond donors (Lipinski definition) is 2. The van der Waals surface area contributed by atoms with Crippen LogP contribution in [0.4, 0.5) is 5.69 Å². The molecule has 0 saturated heterocycles. The van der Waals surface area contributed by atoms with E-state index in [4.69, 9.17) is 16.9 Å². The summed E-state index contributed by atoms with van der Waals surface area (Å²) >= 11 is 5.78. The van der Waals surface area contributed by atoms with E-state index in [1.165, 1.54) is 0 Å². The van der Waals surface area contributed by atoms with Crippen molar-refractivity contribution in [1.82, 2.24) is 5.32 Å². The lowest BCUT2D eigenvalue weighted by Crippen LogP contribution is -2.32.